The van der Waals surface area contributed by atoms with E-state index in [4.69, 9.17) is 20.9 Å². The van der Waals surface area contributed by atoms with E-state index in [0.29, 0.717) is 5.57 Å². The fourth-order valence-electron chi connectivity index (χ4n) is 3.53. The summed E-state index contributed by atoms with van der Waals surface area (Å²) in [6.07, 6.45) is 0. The Labute approximate surface area is 229 Å². The second-order valence-corrected chi connectivity index (χ2v) is 10.5. The highest BCUT2D eigenvalue weighted by atomic mass is 32.2. The maximum atomic E-state index is 13.0. The Kier molecular flexibility index (Phi) is 8.30. The zero-order chi connectivity index (χ0) is 28.3. The van der Waals surface area contributed by atoms with Gasteiger partial charge in [0, 0.05) is 16.9 Å². The molecule has 2 atom stereocenters. The maximum absolute atomic E-state index is 13.0. The number of amides is 2. The summed E-state index contributed by atoms with van der Waals surface area (Å²) in [5.74, 6) is -3.93. The number of carboxylic acids is 2. The third-order valence-corrected chi connectivity index (χ3v) is 8.30. The Morgan fingerprint density at radius 2 is 2.13 bits per heavy atom. The normalized spacial score (nSPS) is 19.4. The molecular formula is C18H18N10O8S3. The van der Waals surface area contributed by atoms with Crippen LogP contribution in [0.1, 0.15) is 5.69 Å². The van der Waals surface area contributed by atoms with E-state index < -0.39 is 47.4 Å². The van der Waals surface area contributed by atoms with Gasteiger partial charge in [0.2, 0.25) is 5.16 Å². The number of carbonyl (C=O) groups is 4. The number of nitrogens with two attached hydrogens (primary N) is 1. The summed E-state index contributed by atoms with van der Waals surface area (Å²) in [7, 11) is 1.24. The molecule has 0 saturated carbocycles. The van der Waals surface area contributed by atoms with E-state index in [1.54, 1.807) is 0 Å². The van der Waals surface area contributed by atoms with Crippen LogP contribution in [0, 0.1) is 0 Å². The number of thioether (sulfide) groups is 2. The largest absolute Gasteiger partial charge is 0.477 e. The molecule has 6 N–H and O–H groups in total. The molecule has 2 aliphatic heterocycles. The van der Waals surface area contributed by atoms with E-state index >= 15 is 0 Å². The van der Waals surface area contributed by atoms with Gasteiger partial charge < -0.3 is 31.3 Å². The first-order chi connectivity index (χ1) is 18.7. The van der Waals surface area contributed by atoms with E-state index in [2.05, 4.69) is 36.1 Å². The van der Waals surface area contributed by atoms with E-state index in [1.165, 1.54) is 24.3 Å². The van der Waals surface area contributed by atoms with Crippen LogP contribution in [-0.4, -0.2) is 111 Å². The highest BCUT2D eigenvalue weighted by molar-refractivity contribution is 8.01. The van der Waals surface area contributed by atoms with Gasteiger partial charge in [-0.05, 0) is 16.0 Å². The first-order valence-electron chi connectivity index (χ1n) is 10.5. The number of oxime groups is 2. The number of thiazole rings is 1. The van der Waals surface area contributed by atoms with Gasteiger partial charge in [-0.1, -0.05) is 22.1 Å². The minimum atomic E-state index is -1.47. The number of aromatic nitrogens is 5. The minimum Gasteiger partial charge on any atom is -0.477 e. The zero-order valence-electron chi connectivity index (χ0n) is 19.6. The second kappa shape index (κ2) is 11.7. The van der Waals surface area contributed by atoms with Crippen LogP contribution in [0.2, 0.25) is 0 Å². The molecule has 0 aliphatic carbocycles. The molecule has 206 valence electrons. The number of hydrogen-bond acceptors (Lipinski definition) is 16. The van der Waals surface area contributed by atoms with Crippen molar-refractivity contribution in [2.75, 3.05) is 24.3 Å². The van der Waals surface area contributed by atoms with Crippen molar-refractivity contribution in [3.8, 4) is 0 Å². The summed E-state index contributed by atoms with van der Waals surface area (Å²) in [6.45, 7) is -0.434. The fraction of sp³-hybridized carbons (Fsp3) is 0.333. The number of nitrogens with one attached hydrogen (secondary N) is 1. The van der Waals surface area contributed by atoms with Crippen LogP contribution >= 0.6 is 34.9 Å². The SMILES string of the molecule is CON=C(C(=O)NC1C(=O)N2C(C(=O)O)=C(CSc3nnnn3CC(=NO)C(=O)O)CS[C@H]12)c1csc(N)n1. The summed E-state index contributed by atoms with van der Waals surface area (Å²) in [6, 6.07) is -1.02. The molecule has 1 unspecified atom stereocenters. The number of nitrogen functional groups attached to an aromatic ring is 1. The van der Waals surface area contributed by atoms with Crippen molar-refractivity contribution in [2.24, 2.45) is 10.3 Å². The minimum absolute atomic E-state index is 0.0527. The molecule has 4 heterocycles. The number of β-lactam (4-membered cyclic amide) rings is 1. The predicted molar refractivity (Wildman–Crippen MR) is 135 cm³/mol. The first kappa shape index (κ1) is 27.8. The molecule has 2 amide bonds. The number of aliphatic carboxylic acids is 2. The summed E-state index contributed by atoms with van der Waals surface area (Å²) in [5, 5.41) is 48.7. The third-order valence-electron chi connectivity index (χ3n) is 5.24. The van der Waals surface area contributed by atoms with Gasteiger partial charge in [-0.2, -0.15) is 0 Å². The smallest absolute Gasteiger partial charge is 0.355 e. The highest BCUT2D eigenvalue weighted by Gasteiger charge is 2.54. The lowest BCUT2D eigenvalue weighted by molar-refractivity contribution is -0.150. The number of nitrogens with zero attached hydrogens (tertiary/aromatic N) is 8. The van der Waals surface area contributed by atoms with E-state index in [0.717, 1.165) is 32.7 Å². The molecule has 0 bridgehead atoms. The van der Waals surface area contributed by atoms with Crippen LogP contribution in [0.4, 0.5) is 5.13 Å². The van der Waals surface area contributed by atoms with Crippen LogP contribution in [-0.2, 0) is 30.6 Å². The summed E-state index contributed by atoms with van der Waals surface area (Å²) < 4.78 is 1.07. The maximum Gasteiger partial charge on any atom is 0.355 e. The molecule has 4 rings (SSSR count). The molecule has 18 nitrogen and oxygen atoms in total. The standard InChI is InChI=1S/C18H18N10O8S3/c1-36-24-9(8-5-38-17(19)20-8)12(29)21-10-13(30)28-11(16(33)34)6(3-37-14(10)28)4-39-18-22-25-26-27(18)2-7(23-35)15(31)32/h5,10,14,35H,2-4H2,1H3,(H2,19,20)(H,21,29)(H,31,32)(H,33,34)/t10?,14-/m1/s1. The Morgan fingerprint density at radius 3 is 2.74 bits per heavy atom. The zero-order valence-corrected chi connectivity index (χ0v) is 22.1. The van der Waals surface area contributed by atoms with Gasteiger partial charge in [0.05, 0.1) is 6.54 Å². The molecule has 2 aromatic rings. The van der Waals surface area contributed by atoms with Crippen LogP contribution in [0.25, 0.3) is 0 Å². The lowest BCUT2D eigenvalue weighted by atomic mass is 10.0. The van der Waals surface area contributed by atoms with Gasteiger partial charge in [0.1, 0.15) is 29.9 Å². The molecule has 0 spiro atoms. The highest BCUT2D eigenvalue weighted by Crippen LogP contribution is 2.41. The predicted octanol–water partition coefficient (Wildman–Crippen LogP) is -1.49. The van der Waals surface area contributed by atoms with Gasteiger partial charge in [-0.3, -0.25) is 14.5 Å². The molecule has 1 saturated heterocycles. The van der Waals surface area contributed by atoms with Crippen LogP contribution in [0.15, 0.2) is 32.1 Å². The van der Waals surface area contributed by atoms with Gasteiger partial charge in [0.25, 0.3) is 11.8 Å². The molecular weight excluding hydrogens is 580 g/mol. The quantitative estimate of drug-likeness (QED) is 0.0648. The lowest BCUT2D eigenvalue weighted by Crippen LogP contribution is -2.71. The molecule has 0 aromatic carbocycles. The summed E-state index contributed by atoms with van der Waals surface area (Å²) in [4.78, 5) is 58.9. The molecule has 0 radical (unpaired) electrons. The Balaban J connectivity index is 1.47. The third kappa shape index (κ3) is 5.63. The number of anilines is 1. The van der Waals surface area contributed by atoms with Crippen molar-refractivity contribution in [3.05, 3.63) is 22.3 Å². The number of rotatable bonds is 11. The van der Waals surface area contributed by atoms with Crippen molar-refractivity contribution >= 4 is 75.2 Å². The van der Waals surface area contributed by atoms with Crippen molar-refractivity contribution < 1.29 is 39.4 Å². The Morgan fingerprint density at radius 1 is 1.36 bits per heavy atom. The monoisotopic (exact) mass is 598 g/mol. The Hall–Kier alpha value is -4.24. The number of fused-ring (bicyclic) bond motifs is 1. The van der Waals surface area contributed by atoms with Crippen molar-refractivity contribution in [1.29, 1.82) is 0 Å². The van der Waals surface area contributed by atoms with E-state index in [-0.39, 0.29) is 38.9 Å². The van der Waals surface area contributed by atoms with Crippen molar-refractivity contribution in [2.45, 2.75) is 23.1 Å². The second-order valence-electron chi connectivity index (χ2n) is 7.57. The van der Waals surface area contributed by atoms with Crippen molar-refractivity contribution in [1.82, 2.24) is 35.4 Å². The van der Waals surface area contributed by atoms with Crippen molar-refractivity contribution in [3.63, 3.8) is 0 Å². The number of hydrogen-bond donors (Lipinski definition) is 5. The Bertz CT molecular complexity index is 1420. The topological polar surface area (TPSA) is 261 Å². The molecule has 39 heavy (non-hydrogen) atoms. The summed E-state index contributed by atoms with van der Waals surface area (Å²) in [5.41, 5.74) is 5.13. The molecule has 1 fully saturated rings. The van der Waals surface area contributed by atoms with Crippen LogP contribution < -0.4 is 11.1 Å². The molecule has 2 aromatic heterocycles. The summed E-state index contributed by atoms with van der Waals surface area (Å²) >= 11 is 3.33. The average molecular weight is 599 g/mol. The average Bonchev–Trinajstić information content (AvgIpc) is 3.54. The van der Waals surface area contributed by atoms with Gasteiger partial charge in [-0.25, -0.2) is 19.3 Å². The van der Waals surface area contributed by atoms with E-state index in [1.807, 2.05) is 0 Å². The van der Waals surface area contributed by atoms with Gasteiger partial charge in [-0.15, -0.1) is 28.2 Å². The van der Waals surface area contributed by atoms with E-state index in [9.17, 15) is 24.3 Å². The molecule has 2 aliphatic rings. The number of carboxylic acid groups (broad SMARTS) is 2. The van der Waals surface area contributed by atoms with Gasteiger partial charge in [0.15, 0.2) is 16.6 Å². The lowest BCUT2D eigenvalue weighted by Gasteiger charge is -2.49. The molecule has 21 heteroatoms. The van der Waals surface area contributed by atoms with Crippen LogP contribution in [0.5, 0.6) is 0 Å². The fourth-order valence-corrected chi connectivity index (χ4v) is 6.44. The van der Waals surface area contributed by atoms with Crippen LogP contribution in [0.3, 0.4) is 0 Å². The van der Waals surface area contributed by atoms with Gasteiger partial charge >= 0.3 is 11.9 Å². The number of tetrazole rings is 1. The first-order valence-corrected chi connectivity index (χ1v) is 13.4. The number of carbonyl (C=O) groups excluding carboxylic acids is 2.